The van der Waals surface area contributed by atoms with E-state index in [2.05, 4.69) is 36.2 Å². The molecule has 3 heteroatoms. The van der Waals surface area contributed by atoms with Gasteiger partial charge in [-0.15, -0.1) is 0 Å². The molecule has 0 unspecified atom stereocenters. The fourth-order valence-electron chi connectivity index (χ4n) is 2.43. The molecule has 94 valence electrons. The van der Waals surface area contributed by atoms with E-state index in [9.17, 15) is 0 Å². The van der Waals surface area contributed by atoms with Gasteiger partial charge in [-0.1, -0.05) is 25.4 Å². The second kappa shape index (κ2) is 5.74. The summed E-state index contributed by atoms with van der Waals surface area (Å²) in [5.74, 6) is 0. The van der Waals surface area contributed by atoms with E-state index < -0.39 is 0 Å². The smallest absolute Gasteiger partial charge is 0.0407 e. The van der Waals surface area contributed by atoms with E-state index in [1.807, 2.05) is 12.1 Å². The molecule has 0 bridgehead atoms. The van der Waals surface area contributed by atoms with Crippen LogP contribution >= 0.6 is 11.6 Å². The number of rotatable bonds is 3. The van der Waals surface area contributed by atoms with Crippen molar-refractivity contribution in [3.63, 3.8) is 0 Å². The highest BCUT2D eigenvalue weighted by Crippen LogP contribution is 2.22. The Bertz CT molecular complexity index is 340. The highest BCUT2D eigenvalue weighted by molar-refractivity contribution is 6.30. The van der Waals surface area contributed by atoms with Crippen LogP contribution in [-0.4, -0.2) is 25.2 Å². The largest absolute Gasteiger partial charge is 0.371 e. The van der Waals surface area contributed by atoms with Gasteiger partial charge in [0, 0.05) is 35.9 Å². The van der Waals surface area contributed by atoms with Gasteiger partial charge in [0.15, 0.2) is 0 Å². The Hall–Kier alpha value is -0.730. The summed E-state index contributed by atoms with van der Waals surface area (Å²) in [6, 6.07) is 9.42. The van der Waals surface area contributed by atoms with Crippen molar-refractivity contribution in [3.8, 4) is 0 Å². The summed E-state index contributed by atoms with van der Waals surface area (Å²) in [5.41, 5.74) is 1.29. The van der Waals surface area contributed by atoms with Crippen LogP contribution in [0, 0.1) is 0 Å². The Morgan fingerprint density at radius 3 is 2.29 bits per heavy atom. The van der Waals surface area contributed by atoms with E-state index in [0.717, 1.165) is 18.1 Å². The molecule has 0 aromatic heterocycles. The molecule has 1 aliphatic heterocycles. The van der Waals surface area contributed by atoms with Crippen LogP contribution in [0.5, 0.6) is 0 Å². The summed E-state index contributed by atoms with van der Waals surface area (Å²) in [6.07, 6.45) is 2.45. The van der Waals surface area contributed by atoms with Crippen LogP contribution in [0.4, 0.5) is 5.69 Å². The van der Waals surface area contributed by atoms with Crippen LogP contribution in [0.2, 0.25) is 5.02 Å². The van der Waals surface area contributed by atoms with Crippen LogP contribution in [0.25, 0.3) is 0 Å². The molecule has 0 aliphatic carbocycles. The highest BCUT2D eigenvalue weighted by atomic mass is 35.5. The van der Waals surface area contributed by atoms with E-state index in [-0.39, 0.29) is 0 Å². The van der Waals surface area contributed by atoms with Gasteiger partial charge in [-0.05, 0) is 37.1 Å². The van der Waals surface area contributed by atoms with Crippen molar-refractivity contribution in [2.45, 2.75) is 38.8 Å². The maximum absolute atomic E-state index is 5.90. The van der Waals surface area contributed by atoms with Crippen molar-refractivity contribution in [3.05, 3.63) is 29.3 Å². The van der Waals surface area contributed by atoms with E-state index in [1.165, 1.54) is 18.5 Å². The second-order valence-electron chi connectivity index (χ2n) is 5.06. The fourth-order valence-corrected chi connectivity index (χ4v) is 2.55. The second-order valence-corrected chi connectivity index (χ2v) is 5.50. The third-order valence-electron chi connectivity index (χ3n) is 3.26. The van der Waals surface area contributed by atoms with Gasteiger partial charge < -0.3 is 10.2 Å². The number of hydrogen-bond donors (Lipinski definition) is 1. The zero-order chi connectivity index (χ0) is 12.3. The van der Waals surface area contributed by atoms with Gasteiger partial charge in [-0.2, -0.15) is 0 Å². The molecular formula is C14H21ClN2. The van der Waals surface area contributed by atoms with Gasteiger partial charge in [-0.3, -0.25) is 0 Å². The lowest BCUT2D eigenvalue weighted by Gasteiger charge is -2.35. The Labute approximate surface area is 109 Å². The molecule has 1 N–H and O–H groups in total. The Morgan fingerprint density at radius 1 is 1.18 bits per heavy atom. The minimum Gasteiger partial charge on any atom is -0.371 e. The Balaban J connectivity index is 1.88. The number of anilines is 1. The minimum atomic E-state index is 0.585. The van der Waals surface area contributed by atoms with Gasteiger partial charge in [0.05, 0.1) is 0 Å². The van der Waals surface area contributed by atoms with Crippen LogP contribution in [0.3, 0.4) is 0 Å². The molecule has 1 fully saturated rings. The van der Waals surface area contributed by atoms with Gasteiger partial charge in [0.2, 0.25) is 0 Å². The molecule has 0 atom stereocenters. The normalized spacial score (nSPS) is 17.8. The van der Waals surface area contributed by atoms with Crippen molar-refractivity contribution >= 4 is 17.3 Å². The Morgan fingerprint density at radius 2 is 1.76 bits per heavy atom. The molecule has 1 aliphatic rings. The number of halogens is 1. The molecule has 1 saturated heterocycles. The van der Waals surface area contributed by atoms with Gasteiger partial charge in [0.25, 0.3) is 0 Å². The first-order valence-corrected chi connectivity index (χ1v) is 6.79. The number of nitrogens with zero attached hydrogens (tertiary/aromatic N) is 1. The van der Waals surface area contributed by atoms with Gasteiger partial charge in [-0.25, -0.2) is 0 Å². The SMILES string of the molecule is CC(C)NC1CCN(c2ccc(Cl)cc2)CC1. The summed E-state index contributed by atoms with van der Waals surface area (Å²) < 4.78 is 0. The van der Waals surface area contributed by atoms with Crippen LogP contribution in [0.15, 0.2) is 24.3 Å². The van der Waals surface area contributed by atoms with Crippen LogP contribution in [-0.2, 0) is 0 Å². The summed E-state index contributed by atoms with van der Waals surface area (Å²) >= 11 is 5.90. The van der Waals surface area contributed by atoms with Gasteiger partial charge in [0.1, 0.15) is 0 Å². The lowest BCUT2D eigenvalue weighted by Crippen LogP contribution is -2.44. The zero-order valence-electron chi connectivity index (χ0n) is 10.6. The highest BCUT2D eigenvalue weighted by Gasteiger charge is 2.19. The van der Waals surface area contributed by atoms with Gasteiger partial charge >= 0.3 is 0 Å². The van der Waals surface area contributed by atoms with Crippen molar-refractivity contribution in [1.29, 1.82) is 0 Å². The standard InChI is InChI=1S/C14H21ClN2/c1-11(2)16-13-7-9-17(10-8-13)14-5-3-12(15)4-6-14/h3-6,11,13,16H,7-10H2,1-2H3. The fraction of sp³-hybridized carbons (Fsp3) is 0.571. The molecule has 17 heavy (non-hydrogen) atoms. The molecule has 2 nitrogen and oxygen atoms in total. The number of nitrogens with one attached hydrogen (secondary N) is 1. The molecule has 1 aromatic rings. The Kier molecular flexibility index (Phi) is 4.30. The quantitative estimate of drug-likeness (QED) is 0.888. The number of benzene rings is 1. The predicted molar refractivity (Wildman–Crippen MR) is 75.0 cm³/mol. The molecule has 0 saturated carbocycles. The maximum atomic E-state index is 5.90. The topological polar surface area (TPSA) is 15.3 Å². The summed E-state index contributed by atoms with van der Waals surface area (Å²) in [4.78, 5) is 2.44. The molecule has 1 aromatic carbocycles. The zero-order valence-corrected chi connectivity index (χ0v) is 11.4. The van der Waals surface area contributed by atoms with Crippen molar-refractivity contribution in [2.75, 3.05) is 18.0 Å². The lowest BCUT2D eigenvalue weighted by molar-refractivity contribution is 0.387. The van der Waals surface area contributed by atoms with Crippen LogP contribution in [0.1, 0.15) is 26.7 Å². The average Bonchev–Trinajstić information content (AvgIpc) is 2.30. The lowest BCUT2D eigenvalue weighted by atomic mass is 10.0. The van der Waals surface area contributed by atoms with E-state index >= 15 is 0 Å². The van der Waals surface area contributed by atoms with Crippen LogP contribution < -0.4 is 10.2 Å². The predicted octanol–water partition coefficient (Wildman–Crippen LogP) is 3.31. The van der Waals surface area contributed by atoms with Crippen molar-refractivity contribution in [1.82, 2.24) is 5.32 Å². The first-order chi connectivity index (χ1) is 8.15. The third kappa shape index (κ3) is 3.62. The minimum absolute atomic E-state index is 0.585. The van der Waals surface area contributed by atoms with E-state index in [0.29, 0.717) is 12.1 Å². The van der Waals surface area contributed by atoms with E-state index in [1.54, 1.807) is 0 Å². The summed E-state index contributed by atoms with van der Waals surface area (Å²) in [6.45, 7) is 6.69. The number of hydrogen-bond acceptors (Lipinski definition) is 2. The van der Waals surface area contributed by atoms with Crippen molar-refractivity contribution < 1.29 is 0 Å². The summed E-state index contributed by atoms with van der Waals surface area (Å²) in [5, 5.41) is 4.43. The first kappa shape index (κ1) is 12.7. The first-order valence-electron chi connectivity index (χ1n) is 6.41. The summed E-state index contributed by atoms with van der Waals surface area (Å²) in [7, 11) is 0. The monoisotopic (exact) mass is 252 g/mol. The molecule has 0 amide bonds. The van der Waals surface area contributed by atoms with E-state index in [4.69, 9.17) is 11.6 Å². The average molecular weight is 253 g/mol. The molecule has 1 heterocycles. The third-order valence-corrected chi connectivity index (χ3v) is 3.51. The molecule has 0 radical (unpaired) electrons. The number of piperidine rings is 1. The maximum Gasteiger partial charge on any atom is 0.0407 e. The molecule has 0 spiro atoms. The molecule has 2 rings (SSSR count). The molecular weight excluding hydrogens is 232 g/mol. The van der Waals surface area contributed by atoms with Crippen molar-refractivity contribution in [2.24, 2.45) is 0 Å².